The number of carbonyl (C=O) groups excluding carboxylic acids is 1. The number of carbonyl (C=O) groups is 1. The lowest BCUT2D eigenvalue weighted by atomic mass is 10.1. The summed E-state index contributed by atoms with van der Waals surface area (Å²) in [6.45, 7) is 0. The minimum Gasteiger partial charge on any atom is -0.365 e. The van der Waals surface area contributed by atoms with Crippen molar-refractivity contribution in [3.63, 3.8) is 0 Å². The largest absolute Gasteiger partial charge is 0.365 e. The highest BCUT2D eigenvalue weighted by atomic mass is 16.6. The number of nitriles is 1. The summed E-state index contributed by atoms with van der Waals surface area (Å²) in [6, 6.07) is 7.17. The summed E-state index contributed by atoms with van der Waals surface area (Å²) in [5.74, 6) is -0.867. The highest BCUT2D eigenvalue weighted by Crippen LogP contribution is 2.15. The van der Waals surface area contributed by atoms with Gasteiger partial charge in [0.2, 0.25) is 0 Å². The molecule has 0 aliphatic heterocycles. The molecule has 0 radical (unpaired) electrons. The van der Waals surface area contributed by atoms with Crippen molar-refractivity contribution in [2.24, 2.45) is 5.73 Å². The van der Waals surface area contributed by atoms with E-state index in [1.165, 1.54) is 30.3 Å². The predicted molar refractivity (Wildman–Crippen MR) is 55.9 cm³/mol. The molecule has 0 bridgehead atoms. The van der Waals surface area contributed by atoms with Gasteiger partial charge in [-0.25, -0.2) is 0 Å². The minimum absolute atomic E-state index is 0.115. The molecule has 6 heteroatoms. The third kappa shape index (κ3) is 2.65. The van der Waals surface area contributed by atoms with Crippen molar-refractivity contribution in [1.29, 1.82) is 5.26 Å². The van der Waals surface area contributed by atoms with Crippen molar-refractivity contribution in [3.05, 3.63) is 45.5 Å². The molecular formula is C10H7N3O3. The van der Waals surface area contributed by atoms with E-state index in [9.17, 15) is 14.9 Å². The van der Waals surface area contributed by atoms with Crippen molar-refractivity contribution in [2.75, 3.05) is 0 Å². The standard InChI is InChI=1S/C10H7N3O3/c11-6-8(10(12)14)4-7-2-1-3-9(5-7)13(15)16/h1-5H,(H2,12,14). The van der Waals surface area contributed by atoms with Crippen molar-refractivity contribution < 1.29 is 9.72 Å². The molecule has 0 saturated carbocycles. The fourth-order valence-electron chi connectivity index (χ4n) is 1.05. The number of nitro benzene ring substituents is 1. The van der Waals surface area contributed by atoms with Crippen molar-refractivity contribution in [1.82, 2.24) is 0 Å². The van der Waals surface area contributed by atoms with E-state index in [1.54, 1.807) is 6.07 Å². The van der Waals surface area contributed by atoms with Gasteiger partial charge in [-0.2, -0.15) is 5.26 Å². The van der Waals surface area contributed by atoms with E-state index in [-0.39, 0.29) is 11.3 Å². The Bertz CT molecular complexity index is 514. The molecule has 0 aromatic heterocycles. The van der Waals surface area contributed by atoms with E-state index in [0.717, 1.165) is 0 Å². The topological polar surface area (TPSA) is 110 Å². The van der Waals surface area contributed by atoms with Gasteiger partial charge in [0.15, 0.2) is 0 Å². The smallest absolute Gasteiger partial charge is 0.270 e. The summed E-state index contributed by atoms with van der Waals surface area (Å²) in [4.78, 5) is 20.7. The van der Waals surface area contributed by atoms with Crippen LogP contribution in [0.25, 0.3) is 6.08 Å². The fourth-order valence-corrected chi connectivity index (χ4v) is 1.05. The van der Waals surface area contributed by atoms with Crippen LogP contribution in [0, 0.1) is 21.4 Å². The van der Waals surface area contributed by atoms with Gasteiger partial charge >= 0.3 is 0 Å². The van der Waals surface area contributed by atoms with Crippen LogP contribution in [0.4, 0.5) is 5.69 Å². The number of nitro groups is 1. The number of nitrogens with zero attached hydrogens (tertiary/aromatic N) is 2. The van der Waals surface area contributed by atoms with Gasteiger partial charge in [0.25, 0.3) is 11.6 Å². The first-order valence-corrected chi connectivity index (χ1v) is 4.20. The molecule has 0 saturated heterocycles. The molecule has 1 amide bonds. The Kier molecular flexibility index (Phi) is 3.35. The third-order valence-electron chi connectivity index (χ3n) is 1.78. The molecule has 0 unspecified atom stereocenters. The second-order valence-electron chi connectivity index (χ2n) is 2.89. The maximum absolute atomic E-state index is 10.8. The lowest BCUT2D eigenvalue weighted by Crippen LogP contribution is -2.12. The first kappa shape index (κ1) is 11.4. The van der Waals surface area contributed by atoms with Crippen molar-refractivity contribution in [3.8, 4) is 6.07 Å². The number of benzene rings is 1. The molecule has 80 valence electrons. The van der Waals surface area contributed by atoms with Gasteiger partial charge in [-0.15, -0.1) is 0 Å². The second kappa shape index (κ2) is 4.70. The molecule has 1 aromatic rings. The monoisotopic (exact) mass is 217 g/mol. The molecule has 1 rings (SSSR count). The zero-order valence-electron chi connectivity index (χ0n) is 8.08. The fraction of sp³-hybridized carbons (Fsp3) is 0. The van der Waals surface area contributed by atoms with Crippen LogP contribution in [0.1, 0.15) is 5.56 Å². The van der Waals surface area contributed by atoms with E-state index in [2.05, 4.69) is 0 Å². The van der Waals surface area contributed by atoms with Crippen LogP contribution >= 0.6 is 0 Å². The van der Waals surface area contributed by atoms with Crippen LogP contribution in [0.3, 0.4) is 0 Å². The average molecular weight is 217 g/mol. The lowest BCUT2D eigenvalue weighted by Gasteiger charge is -1.95. The maximum atomic E-state index is 10.8. The summed E-state index contributed by atoms with van der Waals surface area (Å²) in [5.41, 5.74) is 4.94. The van der Waals surface area contributed by atoms with Gasteiger partial charge < -0.3 is 5.73 Å². The Morgan fingerprint density at radius 2 is 2.25 bits per heavy atom. The highest BCUT2D eigenvalue weighted by molar-refractivity contribution is 6.00. The van der Waals surface area contributed by atoms with Crippen LogP contribution in [0.5, 0.6) is 0 Å². The summed E-state index contributed by atoms with van der Waals surface area (Å²) in [7, 11) is 0. The number of hydrogen-bond acceptors (Lipinski definition) is 4. The number of non-ortho nitro benzene ring substituents is 1. The number of primary amides is 1. The second-order valence-corrected chi connectivity index (χ2v) is 2.89. The first-order chi connectivity index (χ1) is 7.54. The van der Waals surface area contributed by atoms with Gasteiger partial charge in [0.1, 0.15) is 11.6 Å². The molecule has 0 aliphatic carbocycles. The van der Waals surface area contributed by atoms with E-state index in [4.69, 9.17) is 11.0 Å². The lowest BCUT2D eigenvalue weighted by molar-refractivity contribution is -0.384. The number of amides is 1. The summed E-state index contributed by atoms with van der Waals surface area (Å²) in [5, 5.41) is 19.1. The number of rotatable bonds is 3. The summed E-state index contributed by atoms with van der Waals surface area (Å²) in [6.07, 6.45) is 1.20. The van der Waals surface area contributed by atoms with Gasteiger partial charge in [-0.1, -0.05) is 12.1 Å². The zero-order chi connectivity index (χ0) is 12.1. The molecule has 6 nitrogen and oxygen atoms in total. The Morgan fingerprint density at radius 1 is 1.56 bits per heavy atom. The van der Waals surface area contributed by atoms with E-state index in [0.29, 0.717) is 5.56 Å². The Labute approximate surface area is 90.7 Å². The normalized spacial score (nSPS) is 10.6. The molecule has 1 aromatic carbocycles. The average Bonchev–Trinajstić information content (AvgIpc) is 2.25. The van der Waals surface area contributed by atoms with Crippen LogP contribution in [-0.4, -0.2) is 10.8 Å². The van der Waals surface area contributed by atoms with E-state index < -0.39 is 10.8 Å². The molecule has 0 aliphatic rings. The maximum Gasteiger partial charge on any atom is 0.270 e. The molecule has 16 heavy (non-hydrogen) atoms. The van der Waals surface area contributed by atoms with Gasteiger partial charge in [0, 0.05) is 12.1 Å². The molecule has 0 spiro atoms. The SMILES string of the molecule is N#CC(=Cc1cccc([N+](=O)[O-])c1)C(N)=O. The number of hydrogen-bond donors (Lipinski definition) is 1. The van der Waals surface area contributed by atoms with Crippen LogP contribution < -0.4 is 5.73 Å². The minimum atomic E-state index is -0.867. The molecular weight excluding hydrogens is 210 g/mol. The van der Waals surface area contributed by atoms with E-state index in [1.807, 2.05) is 0 Å². The van der Waals surface area contributed by atoms with Crippen LogP contribution in [-0.2, 0) is 4.79 Å². The van der Waals surface area contributed by atoms with Crippen LogP contribution in [0.2, 0.25) is 0 Å². The molecule has 0 atom stereocenters. The zero-order valence-corrected chi connectivity index (χ0v) is 8.08. The summed E-state index contributed by atoms with van der Waals surface area (Å²) < 4.78 is 0. The summed E-state index contributed by atoms with van der Waals surface area (Å²) >= 11 is 0. The third-order valence-corrected chi connectivity index (χ3v) is 1.78. The Balaban J connectivity index is 3.16. The van der Waals surface area contributed by atoms with Crippen LogP contribution in [0.15, 0.2) is 29.8 Å². The van der Waals surface area contributed by atoms with Gasteiger partial charge in [-0.05, 0) is 11.6 Å². The highest BCUT2D eigenvalue weighted by Gasteiger charge is 2.07. The first-order valence-electron chi connectivity index (χ1n) is 4.20. The molecule has 0 fully saturated rings. The van der Waals surface area contributed by atoms with Gasteiger partial charge in [-0.3, -0.25) is 14.9 Å². The quantitative estimate of drug-likeness (QED) is 0.352. The van der Waals surface area contributed by atoms with Crippen molar-refractivity contribution >= 4 is 17.7 Å². The number of nitrogens with two attached hydrogens (primary N) is 1. The van der Waals surface area contributed by atoms with Gasteiger partial charge in [0.05, 0.1) is 4.92 Å². The molecule has 0 heterocycles. The Hall–Kier alpha value is -2.68. The van der Waals surface area contributed by atoms with Crippen molar-refractivity contribution in [2.45, 2.75) is 0 Å². The van der Waals surface area contributed by atoms with E-state index >= 15 is 0 Å². The molecule has 2 N–H and O–H groups in total. The Morgan fingerprint density at radius 3 is 2.75 bits per heavy atom. The predicted octanol–water partition coefficient (Wildman–Crippen LogP) is 0.987.